The van der Waals surface area contributed by atoms with Gasteiger partial charge in [-0.1, -0.05) is 12.8 Å². The van der Waals surface area contributed by atoms with E-state index in [9.17, 15) is 4.79 Å². The molecule has 0 radical (unpaired) electrons. The van der Waals surface area contributed by atoms with E-state index in [4.69, 9.17) is 4.74 Å². The summed E-state index contributed by atoms with van der Waals surface area (Å²) in [5.41, 5.74) is 0. The van der Waals surface area contributed by atoms with E-state index in [0.29, 0.717) is 25.0 Å². The van der Waals surface area contributed by atoms with E-state index in [1.165, 1.54) is 45.2 Å². The Hall–Kier alpha value is -1.60. The van der Waals surface area contributed by atoms with Crippen LogP contribution >= 0.6 is 0 Å². The fourth-order valence-corrected chi connectivity index (χ4v) is 3.82. The van der Waals surface area contributed by atoms with Gasteiger partial charge in [-0.15, -0.1) is 0 Å². The van der Waals surface area contributed by atoms with Crippen molar-refractivity contribution in [1.29, 1.82) is 0 Å². The Kier molecular flexibility index (Phi) is 6.69. The second-order valence-electron chi connectivity index (χ2n) is 7.08. The molecule has 2 saturated heterocycles. The van der Waals surface area contributed by atoms with Gasteiger partial charge < -0.3 is 9.64 Å². The third-order valence-corrected chi connectivity index (χ3v) is 5.24. The van der Waals surface area contributed by atoms with Gasteiger partial charge in [-0.25, -0.2) is 4.79 Å². The summed E-state index contributed by atoms with van der Waals surface area (Å²) < 4.78 is 6.84. The number of ether oxygens (including phenoxy) is 1. The van der Waals surface area contributed by atoms with Crippen LogP contribution in [0.15, 0.2) is 12.3 Å². The minimum Gasteiger partial charge on any atom is -0.383 e. The quantitative estimate of drug-likeness (QED) is 0.887. The number of amides is 2. The summed E-state index contributed by atoms with van der Waals surface area (Å²) in [5.74, 6) is 0.609. The number of aromatic nitrogens is 2. The summed E-state index contributed by atoms with van der Waals surface area (Å²) in [6, 6.07) is 2.32. The number of piperidine rings is 1. The van der Waals surface area contributed by atoms with Gasteiger partial charge in [0.25, 0.3) is 0 Å². The molecule has 2 amide bonds. The van der Waals surface area contributed by atoms with E-state index in [1.54, 1.807) is 11.8 Å². The Morgan fingerprint density at radius 3 is 2.80 bits per heavy atom. The average molecular weight is 349 g/mol. The summed E-state index contributed by atoms with van der Waals surface area (Å²) in [7, 11) is 1.67. The molecular formula is C18H31N5O2. The topological polar surface area (TPSA) is 62.6 Å². The van der Waals surface area contributed by atoms with Crippen LogP contribution in [0.4, 0.5) is 10.6 Å². The zero-order valence-corrected chi connectivity index (χ0v) is 15.3. The molecule has 7 heteroatoms. The first-order valence-electron chi connectivity index (χ1n) is 9.58. The lowest BCUT2D eigenvalue weighted by atomic mass is 10.0. The number of nitrogens with one attached hydrogen (secondary N) is 1. The number of anilines is 1. The lowest BCUT2D eigenvalue weighted by Gasteiger charge is -2.38. The summed E-state index contributed by atoms with van der Waals surface area (Å²) in [4.78, 5) is 17.2. The number of urea groups is 1. The summed E-state index contributed by atoms with van der Waals surface area (Å²) >= 11 is 0. The second kappa shape index (κ2) is 9.20. The molecular weight excluding hydrogens is 318 g/mol. The predicted octanol–water partition coefficient (Wildman–Crippen LogP) is 2.40. The van der Waals surface area contributed by atoms with Crippen molar-refractivity contribution in [2.24, 2.45) is 0 Å². The Morgan fingerprint density at radius 2 is 2.04 bits per heavy atom. The third kappa shape index (κ3) is 5.19. The van der Waals surface area contributed by atoms with Gasteiger partial charge in [0.1, 0.15) is 0 Å². The fraction of sp³-hybridized carbons (Fsp3) is 0.778. The van der Waals surface area contributed by atoms with Crippen molar-refractivity contribution in [1.82, 2.24) is 19.6 Å². The van der Waals surface area contributed by atoms with Gasteiger partial charge in [0.15, 0.2) is 5.82 Å². The molecule has 0 bridgehead atoms. The molecule has 2 fully saturated rings. The van der Waals surface area contributed by atoms with Gasteiger partial charge in [0, 0.05) is 38.5 Å². The van der Waals surface area contributed by atoms with Crippen LogP contribution in [-0.2, 0) is 11.3 Å². The number of rotatable bonds is 5. The van der Waals surface area contributed by atoms with Gasteiger partial charge in [-0.05, 0) is 38.8 Å². The van der Waals surface area contributed by atoms with Gasteiger partial charge in [0.05, 0.1) is 13.2 Å². The Morgan fingerprint density at radius 1 is 1.24 bits per heavy atom. The minimum atomic E-state index is -0.0310. The molecule has 0 saturated carbocycles. The van der Waals surface area contributed by atoms with Crippen LogP contribution in [0.2, 0.25) is 0 Å². The zero-order chi connectivity index (χ0) is 17.5. The molecule has 0 spiro atoms. The highest BCUT2D eigenvalue weighted by atomic mass is 16.5. The fourth-order valence-electron chi connectivity index (χ4n) is 3.82. The molecule has 1 aromatic heterocycles. The van der Waals surface area contributed by atoms with Crippen LogP contribution in [0.1, 0.15) is 38.5 Å². The molecule has 0 aromatic carbocycles. The zero-order valence-electron chi connectivity index (χ0n) is 15.3. The van der Waals surface area contributed by atoms with Crippen LogP contribution in [0, 0.1) is 0 Å². The Bertz CT molecular complexity index is 539. The van der Waals surface area contributed by atoms with Crippen LogP contribution < -0.4 is 5.32 Å². The van der Waals surface area contributed by atoms with E-state index in [0.717, 1.165) is 19.5 Å². The highest BCUT2D eigenvalue weighted by Crippen LogP contribution is 2.20. The molecule has 7 nitrogen and oxygen atoms in total. The van der Waals surface area contributed by atoms with Crippen molar-refractivity contribution in [2.75, 3.05) is 45.2 Å². The standard InChI is InChI=1S/C18H31N5O2/c1-25-14-13-23-12-8-17(20-23)19-18(24)22-11-6-7-16(15-22)21-9-4-2-3-5-10-21/h8,12,16H,2-7,9-11,13-15H2,1H3,(H,19,20,24)/t16-/m0/s1. The molecule has 0 unspecified atom stereocenters. The van der Waals surface area contributed by atoms with Gasteiger partial charge in [-0.2, -0.15) is 5.10 Å². The molecule has 3 rings (SSSR count). The number of methoxy groups -OCH3 is 1. The molecule has 1 N–H and O–H groups in total. The minimum absolute atomic E-state index is 0.0310. The first-order valence-corrected chi connectivity index (χ1v) is 9.58. The van der Waals surface area contributed by atoms with Crippen molar-refractivity contribution in [3.63, 3.8) is 0 Å². The highest BCUT2D eigenvalue weighted by Gasteiger charge is 2.28. The molecule has 2 aliphatic rings. The normalized spacial score (nSPS) is 22.6. The number of nitrogens with zero attached hydrogens (tertiary/aromatic N) is 4. The average Bonchev–Trinajstić information content (AvgIpc) is 2.90. The third-order valence-electron chi connectivity index (χ3n) is 5.24. The Labute approximate surface area is 150 Å². The molecule has 0 aliphatic carbocycles. The van der Waals surface area contributed by atoms with E-state index >= 15 is 0 Å². The molecule has 140 valence electrons. The number of hydrogen-bond acceptors (Lipinski definition) is 4. The molecule has 1 atom stereocenters. The van der Waals surface area contributed by atoms with Gasteiger partial charge in [-0.3, -0.25) is 14.9 Å². The molecule has 2 aliphatic heterocycles. The van der Waals surface area contributed by atoms with E-state index in [1.807, 2.05) is 17.2 Å². The summed E-state index contributed by atoms with van der Waals surface area (Å²) in [6.07, 6.45) is 9.43. The van der Waals surface area contributed by atoms with E-state index < -0.39 is 0 Å². The molecule has 3 heterocycles. The van der Waals surface area contributed by atoms with E-state index in [-0.39, 0.29) is 6.03 Å². The first kappa shape index (κ1) is 18.2. The lowest BCUT2D eigenvalue weighted by Crippen LogP contribution is -2.51. The maximum absolute atomic E-state index is 12.6. The van der Waals surface area contributed by atoms with Crippen LogP contribution in [0.3, 0.4) is 0 Å². The number of hydrogen-bond donors (Lipinski definition) is 1. The van der Waals surface area contributed by atoms with Crippen molar-refractivity contribution < 1.29 is 9.53 Å². The second-order valence-corrected chi connectivity index (χ2v) is 7.08. The first-order chi connectivity index (χ1) is 12.3. The number of carbonyl (C=O) groups is 1. The van der Waals surface area contributed by atoms with Crippen molar-refractivity contribution in [3.05, 3.63) is 12.3 Å². The number of likely N-dealkylation sites (tertiary alicyclic amines) is 2. The largest absolute Gasteiger partial charge is 0.383 e. The molecule has 25 heavy (non-hydrogen) atoms. The Balaban J connectivity index is 1.51. The van der Waals surface area contributed by atoms with Crippen molar-refractivity contribution in [3.8, 4) is 0 Å². The van der Waals surface area contributed by atoms with Gasteiger partial charge >= 0.3 is 6.03 Å². The monoisotopic (exact) mass is 349 g/mol. The molecule has 1 aromatic rings. The van der Waals surface area contributed by atoms with Crippen LogP contribution in [0.5, 0.6) is 0 Å². The van der Waals surface area contributed by atoms with E-state index in [2.05, 4.69) is 15.3 Å². The van der Waals surface area contributed by atoms with Crippen molar-refractivity contribution >= 4 is 11.8 Å². The summed E-state index contributed by atoms with van der Waals surface area (Å²) in [5, 5.41) is 7.31. The summed E-state index contributed by atoms with van der Waals surface area (Å²) in [6.45, 7) is 5.33. The smallest absolute Gasteiger partial charge is 0.323 e. The van der Waals surface area contributed by atoms with Gasteiger partial charge in [0.2, 0.25) is 0 Å². The van der Waals surface area contributed by atoms with Crippen molar-refractivity contribution in [2.45, 2.75) is 51.1 Å². The highest BCUT2D eigenvalue weighted by molar-refractivity contribution is 5.88. The SMILES string of the molecule is COCCn1ccc(NC(=O)N2CCC[C@H](N3CCCCCC3)C2)n1. The maximum atomic E-state index is 12.6. The number of carbonyl (C=O) groups excluding carboxylic acids is 1. The van der Waals surface area contributed by atoms with Crippen LogP contribution in [0.25, 0.3) is 0 Å². The van der Waals surface area contributed by atoms with Crippen LogP contribution in [-0.4, -0.2) is 71.5 Å². The maximum Gasteiger partial charge on any atom is 0.323 e. The lowest BCUT2D eigenvalue weighted by molar-refractivity contribution is 0.116. The predicted molar refractivity (Wildman–Crippen MR) is 97.8 cm³/mol.